The summed E-state index contributed by atoms with van der Waals surface area (Å²) in [5, 5.41) is 10.2. The molecule has 0 atom stereocenters. The number of rotatable bonds is 4. The first-order valence-electron chi connectivity index (χ1n) is 8.06. The lowest BCUT2D eigenvalue weighted by atomic mass is 10.2. The van der Waals surface area contributed by atoms with Crippen LogP contribution in [0.3, 0.4) is 0 Å². The first-order chi connectivity index (χ1) is 11.9. The second-order valence-electron chi connectivity index (χ2n) is 6.13. The highest BCUT2D eigenvalue weighted by Gasteiger charge is 2.28. The van der Waals surface area contributed by atoms with Crippen LogP contribution in [0.5, 0.6) is 0 Å². The Hall–Kier alpha value is -1.60. The van der Waals surface area contributed by atoms with Crippen molar-refractivity contribution in [2.45, 2.75) is 26.9 Å². The molecule has 1 aromatic carbocycles. The first kappa shape index (κ1) is 18.2. The number of anilines is 2. The van der Waals surface area contributed by atoms with Gasteiger partial charge in [-0.25, -0.2) is 4.98 Å². The van der Waals surface area contributed by atoms with Crippen LogP contribution in [0.1, 0.15) is 17.7 Å². The predicted molar refractivity (Wildman–Crippen MR) is 99.8 cm³/mol. The fourth-order valence-corrected chi connectivity index (χ4v) is 3.41. The second-order valence-corrected chi connectivity index (χ2v) is 6.98. The van der Waals surface area contributed by atoms with Crippen LogP contribution in [0.25, 0.3) is 0 Å². The van der Waals surface area contributed by atoms with E-state index in [2.05, 4.69) is 9.88 Å². The second kappa shape index (κ2) is 7.33. The Morgan fingerprint density at radius 2 is 2.00 bits per heavy atom. The molecule has 0 spiro atoms. The molecule has 8 heteroatoms. The summed E-state index contributed by atoms with van der Waals surface area (Å²) in [6, 6.07) is 5.26. The third kappa shape index (κ3) is 3.53. The van der Waals surface area contributed by atoms with E-state index in [1.807, 2.05) is 17.9 Å². The fraction of sp³-hybridized carbons (Fsp3) is 0.412. The average Bonchev–Trinajstić information content (AvgIpc) is 2.58. The summed E-state index contributed by atoms with van der Waals surface area (Å²) in [5.74, 6) is 0.567. The Labute approximate surface area is 156 Å². The molecule has 0 amide bonds. The van der Waals surface area contributed by atoms with Gasteiger partial charge < -0.3 is 5.11 Å². The minimum Gasteiger partial charge on any atom is -0.396 e. The highest BCUT2D eigenvalue weighted by Crippen LogP contribution is 2.34. The van der Waals surface area contributed by atoms with E-state index in [1.54, 1.807) is 23.6 Å². The van der Waals surface area contributed by atoms with Crippen LogP contribution in [0.15, 0.2) is 23.0 Å². The van der Waals surface area contributed by atoms with Gasteiger partial charge in [-0.3, -0.25) is 19.2 Å². The molecule has 0 saturated carbocycles. The molecule has 1 aliphatic heterocycles. The lowest BCUT2D eigenvalue weighted by Crippen LogP contribution is -2.48. The zero-order valence-electron chi connectivity index (χ0n) is 14.2. The van der Waals surface area contributed by atoms with Crippen LogP contribution in [0.4, 0.5) is 11.6 Å². The van der Waals surface area contributed by atoms with Gasteiger partial charge in [0.1, 0.15) is 0 Å². The maximum atomic E-state index is 12.7. The molecule has 0 radical (unpaired) electrons. The van der Waals surface area contributed by atoms with Crippen LogP contribution < -0.4 is 10.5 Å². The Kier molecular flexibility index (Phi) is 5.34. The molecular weight excluding hydrogens is 363 g/mol. The minimum atomic E-state index is -0.0636. The predicted octanol–water partition coefficient (Wildman–Crippen LogP) is 2.92. The summed E-state index contributed by atoms with van der Waals surface area (Å²) in [5.41, 5.74) is 2.01. The summed E-state index contributed by atoms with van der Waals surface area (Å²) < 4.78 is 1.65. The van der Waals surface area contributed by atoms with Gasteiger partial charge in [-0.05, 0) is 38.5 Å². The first-order valence-corrected chi connectivity index (χ1v) is 8.82. The van der Waals surface area contributed by atoms with E-state index in [0.29, 0.717) is 53.6 Å². The number of fused-ring (bicyclic) bond motifs is 1. The molecule has 0 saturated heterocycles. The lowest BCUT2D eigenvalue weighted by molar-refractivity contribution is 0.175. The quantitative estimate of drug-likeness (QED) is 0.880. The van der Waals surface area contributed by atoms with Crippen molar-refractivity contribution in [1.29, 1.82) is 0 Å². The zero-order valence-corrected chi connectivity index (χ0v) is 15.7. The molecule has 25 heavy (non-hydrogen) atoms. The number of aliphatic hydroxyl groups is 1. The Balaban J connectivity index is 2.12. The van der Waals surface area contributed by atoms with Crippen LogP contribution in [-0.2, 0) is 6.67 Å². The van der Waals surface area contributed by atoms with Gasteiger partial charge in [-0.1, -0.05) is 23.2 Å². The van der Waals surface area contributed by atoms with Gasteiger partial charge in [0.2, 0.25) is 5.95 Å². The van der Waals surface area contributed by atoms with Crippen molar-refractivity contribution in [1.82, 2.24) is 14.5 Å². The molecule has 0 bridgehead atoms. The third-order valence-corrected chi connectivity index (χ3v) is 4.91. The molecule has 0 unspecified atom stereocenters. The van der Waals surface area contributed by atoms with Gasteiger partial charge in [0.25, 0.3) is 5.56 Å². The smallest absolute Gasteiger partial charge is 0.259 e. The summed E-state index contributed by atoms with van der Waals surface area (Å²) >= 11 is 12.4. The van der Waals surface area contributed by atoms with Crippen molar-refractivity contribution in [3.8, 4) is 0 Å². The molecule has 0 aliphatic carbocycles. The largest absolute Gasteiger partial charge is 0.396 e. The molecule has 0 fully saturated rings. The number of benzene rings is 1. The number of aryl methyl sites for hydroxylation is 1. The van der Waals surface area contributed by atoms with E-state index < -0.39 is 0 Å². The maximum Gasteiger partial charge on any atom is 0.259 e. The summed E-state index contributed by atoms with van der Waals surface area (Å²) in [7, 11) is 0. The van der Waals surface area contributed by atoms with Gasteiger partial charge in [-0.15, -0.1) is 0 Å². The highest BCUT2D eigenvalue weighted by atomic mass is 35.5. The molecule has 134 valence electrons. The van der Waals surface area contributed by atoms with Gasteiger partial charge in [0.15, 0.2) is 0 Å². The van der Waals surface area contributed by atoms with E-state index in [1.165, 1.54) is 0 Å². The number of hydrogen-bond acceptors (Lipinski definition) is 5. The Morgan fingerprint density at radius 3 is 2.68 bits per heavy atom. The number of nitrogens with zero attached hydrogens (tertiary/aromatic N) is 4. The molecule has 3 rings (SSSR count). The SMILES string of the molecule is Cc1nc2n(c(=O)c1C)CN(CCCO)CN2c1ccc(Cl)cc1Cl. The maximum absolute atomic E-state index is 12.7. The normalized spacial score (nSPS) is 14.7. The van der Waals surface area contributed by atoms with Crippen molar-refractivity contribution in [3.05, 3.63) is 49.9 Å². The van der Waals surface area contributed by atoms with Crippen molar-refractivity contribution in [2.24, 2.45) is 0 Å². The molecule has 1 N–H and O–H groups in total. The van der Waals surface area contributed by atoms with Crippen molar-refractivity contribution in [3.63, 3.8) is 0 Å². The van der Waals surface area contributed by atoms with E-state index in [0.717, 1.165) is 5.69 Å². The fourth-order valence-electron chi connectivity index (χ4n) is 2.90. The van der Waals surface area contributed by atoms with Crippen LogP contribution in [-0.4, -0.2) is 39.4 Å². The topological polar surface area (TPSA) is 61.6 Å². The summed E-state index contributed by atoms with van der Waals surface area (Å²) in [6.45, 7) is 5.34. The van der Waals surface area contributed by atoms with Gasteiger partial charge in [0.05, 0.1) is 24.0 Å². The highest BCUT2D eigenvalue weighted by molar-refractivity contribution is 6.36. The lowest BCUT2D eigenvalue weighted by Gasteiger charge is -2.38. The van der Waals surface area contributed by atoms with E-state index >= 15 is 0 Å². The molecule has 2 aromatic rings. The van der Waals surface area contributed by atoms with Gasteiger partial charge in [0, 0.05) is 29.4 Å². The molecule has 2 heterocycles. The molecule has 1 aromatic heterocycles. The van der Waals surface area contributed by atoms with Crippen molar-refractivity contribution in [2.75, 3.05) is 24.7 Å². The summed E-state index contributed by atoms with van der Waals surface area (Å²) in [6.07, 6.45) is 0.630. The van der Waals surface area contributed by atoms with Crippen LogP contribution >= 0.6 is 23.2 Å². The third-order valence-electron chi connectivity index (χ3n) is 4.38. The van der Waals surface area contributed by atoms with E-state index in [9.17, 15) is 4.79 Å². The zero-order chi connectivity index (χ0) is 18.1. The van der Waals surface area contributed by atoms with Crippen LogP contribution in [0, 0.1) is 13.8 Å². The Bertz CT molecular complexity index is 853. The Morgan fingerprint density at radius 1 is 1.24 bits per heavy atom. The molecule has 1 aliphatic rings. The van der Waals surface area contributed by atoms with Crippen molar-refractivity contribution >= 4 is 34.8 Å². The van der Waals surface area contributed by atoms with Crippen LogP contribution in [0.2, 0.25) is 10.0 Å². The molecular formula is C17H20Cl2N4O2. The van der Waals surface area contributed by atoms with Crippen molar-refractivity contribution < 1.29 is 5.11 Å². The standard InChI is InChI=1S/C17H20Cl2N4O2/c1-11-12(2)20-17-22(15-5-4-13(18)8-14(15)19)9-21(6-3-7-24)10-23(17)16(11)25/h4-5,8,24H,3,6-7,9-10H2,1-2H3. The summed E-state index contributed by atoms with van der Waals surface area (Å²) in [4.78, 5) is 21.4. The van der Waals surface area contributed by atoms with E-state index in [4.69, 9.17) is 28.3 Å². The number of aliphatic hydroxyl groups excluding tert-OH is 1. The molecule has 6 nitrogen and oxygen atoms in total. The van der Waals surface area contributed by atoms with E-state index in [-0.39, 0.29) is 12.2 Å². The number of halogens is 2. The van der Waals surface area contributed by atoms with Gasteiger partial charge >= 0.3 is 0 Å². The van der Waals surface area contributed by atoms with Gasteiger partial charge in [-0.2, -0.15) is 0 Å². The number of hydrogen-bond donors (Lipinski definition) is 1. The average molecular weight is 383 g/mol. The monoisotopic (exact) mass is 382 g/mol. The number of aromatic nitrogens is 2. The minimum absolute atomic E-state index is 0.0636.